The van der Waals surface area contributed by atoms with Crippen LogP contribution < -0.4 is 10.6 Å². The number of hydrogen-bond acceptors (Lipinski definition) is 2. The third-order valence-electron chi connectivity index (χ3n) is 3.21. The number of hydrogen-bond donors (Lipinski definition) is 2. The average Bonchev–Trinajstić information content (AvgIpc) is 2.47. The fraction of sp³-hybridized carbons (Fsp3) is 0.235. The predicted molar refractivity (Wildman–Crippen MR) is 91.6 cm³/mol. The predicted octanol–water partition coefficient (Wildman–Crippen LogP) is 4.72. The molecule has 3 nitrogen and oxygen atoms in total. The van der Waals surface area contributed by atoms with Crippen molar-refractivity contribution in [3.05, 3.63) is 58.1 Å². The van der Waals surface area contributed by atoms with Gasteiger partial charge in [0.15, 0.2) is 0 Å². The van der Waals surface area contributed by atoms with Crippen molar-refractivity contribution in [1.82, 2.24) is 0 Å². The zero-order valence-corrected chi connectivity index (χ0v) is 13.8. The van der Waals surface area contributed by atoms with Gasteiger partial charge in [0.05, 0.1) is 0 Å². The number of halogens is 1. The van der Waals surface area contributed by atoms with Gasteiger partial charge in [-0.2, -0.15) is 0 Å². The summed E-state index contributed by atoms with van der Waals surface area (Å²) in [5.74, 6) is 0.0248. The van der Waals surface area contributed by atoms with Gasteiger partial charge in [-0.1, -0.05) is 41.1 Å². The minimum Gasteiger partial charge on any atom is -0.381 e. The Labute approximate surface area is 133 Å². The molecule has 2 aromatic carbocycles. The van der Waals surface area contributed by atoms with Gasteiger partial charge in [-0.05, 0) is 42.3 Å². The molecular formula is C17H19BrN2O. The van der Waals surface area contributed by atoms with Crippen LogP contribution in [0.2, 0.25) is 0 Å². The van der Waals surface area contributed by atoms with Gasteiger partial charge in [0.25, 0.3) is 0 Å². The molecule has 0 aromatic heterocycles. The lowest BCUT2D eigenvalue weighted by Crippen LogP contribution is -2.10. The number of amides is 1. The maximum absolute atomic E-state index is 11.5. The van der Waals surface area contributed by atoms with Gasteiger partial charge in [-0.3, -0.25) is 4.79 Å². The number of nitrogens with one attached hydrogen (secondary N) is 2. The fourth-order valence-electron chi connectivity index (χ4n) is 1.98. The van der Waals surface area contributed by atoms with Gasteiger partial charge in [0.1, 0.15) is 0 Å². The molecule has 0 saturated heterocycles. The Hall–Kier alpha value is -1.81. The minimum atomic E-state index is 0.0248. The molecular weight excluding hydrogens is 328 g/mol. The maximum atomic E-state index is 11.5. The van der Waals surface area contributed by atoms with Crippen molar-refractivity contribution in [3.63, 3.8) is 0 Å². The summed E-state index contributed by atoms with van der Waals surface area (Å²) >= 11 is 3.47. The van der Waals surface area contributed by atoms with Crippen LogP contribution >= 0.6 is 15.9 Å². The highest BCUT2D eigenvalue weighted by atomic mass is 79.9. The second kappa shape index (κ2) is 7.27. The molecule has 0 bridgehead atoms. The van der Waals surface area contributed by atoms with E-state index in [1.165, 1.54) is 5.56 Å². The molecule has 0 aliphatic carbocycles. The minimum absolute atomic E-state index is 0.0248. The molecule has 0 fully saturated rings. The van der Waals surface area contributed by atoms with Gasteiger partial charge in [0, 0.05) is 28.8 Å². The lowest BCUT2D eigenvalue weighted by molar-refractivity contribution is -0.115. The van der Waals surface area contributed by atoms with E-state index in [2.05, 4.69) is 45.6 Å². The van der Waals surface area contributed by atoms with Crippen LogP contribution in [0.5, 0.6) is 0 Å². The molecule has 2 rings (SSSR count). The number of aryl methyl sites for hydroxylation is 1. The number of benzene rings is 2. The third kappa shape index (κ3) is 4.60. The van der Waals surface area contributed by atoms with Crippen LogP contribution in [0.15, 0.2) is 46.9 Å². The number of rotatable bonds is 5. The average molecular weight is 347 g/mol. The van der Waals surface area contributed by atoms with E-state index in [1.807, 2.05) is 37.3 Å². The van der Waals surface area contributed by atoms with Crippen LogP contribution in [0.25, 0.3) is 0 Å². The van der Waals surface area contributed by atoms with Crippen molar-refractivity contribution in [3.8, 4) is 0 Å². The molecule has 0 aliphatic heterocycles. The normalized spacial score (nSPS) is 10.2. The zero-order chi connectivity index (χ0) is 15.2. The highest BCUT2D eigenvalue weighted by molar-refractivity contribution is 9.10. The first-order chi connectivity index (χ1) is 10.1. The summed E-state index contributed by atoms with van der Waals surface area (Å²) in [6.07, 6.45) is 0.481. The van der Waals surface area contributed by atoms with Crippen LogP contribution in [0, 0.1) is 6.92 Å². The standard InChI is InChI=1S/C17H19BrN2O/c1-3-17(21)20-15-8-7-12(2)16(10-15)19-11-13-5-4-6-14(18)9-13/h4-10,19H,3,11H2,1-2H3,(H,20,21). The Balaban J connectivity index is 2.08. The zero-order valence-electron chi connectivity index (χ0n) is 12.2. The number of carbonyl (C=O) groups excluding carboxylic acids is 1. The first kappa shape index (κ1) is 15.6. The largest absolute Gasteiger partial charge is 0.381 e. The molecule has 0 atom stereocenters. The second-order valence-electron chi connectivity index (χ2n) is 4.91. The Morgan fingerprint density at radius 2 is 2.00 bits per heavy atom. The van der Waals surface area contributed by atoms with Gasteiger partial charge in [0.2, 0.25) is 5.91 Å². The molecule has 1 amide bonds. The molecule has 2 N–H and O–H groups in total. The van der Waals surface area contributed by atoms with Crippen molar-refractivity contribution < 1.29 is 4.79 Å². The molecule has 110 valence electrons. The van der Waals surface area contributed by atoms with Crippen molar-refractivity contribution in [2.24, 2.45) is 0 Å². The molecule has 21 heavy (non-hydrogen) atoms. The van der Waals surface area contributed by atoms with Gasteiger partial charge in [-0.15, -0.1) is 0 Å². The lowest BCUT2D eigenvalue weighted by Gasteiger charge is -2.12. The van der Waals surface area contributed by atoms with Crippen molar-refractivity contribution in [2.45, 2.75) is 26.8 Å². The van der Waals surface area contributed by atoms with Crippen LogP contribution in [-0.2, 0) is 11.3 Å². The van der Waals surface area contributed by atoms with E-state index in [0.29, 0.717) is 6.42 Å². The Morgan fingerprint density at radius 1 is 1.19 bits per heavy atom. The summed E-state index contributed by atoms with van der Waals surface area (Å²) in [6.45, 7) is 4.63. The summed E-state index contributed by atoms with van der Waals surface area (Å²) in [4.78, 5) is 11.5. The van der Waals surface area contributed by atoms with E-state index in [0.717, 1.165) is 28.0 Å². The first-order valence-corrected chi connectivity index (χ1v) is 7.76. The van der Waals surface area contributed by atoms with E-state index in [-0.39, 0.29) is 5.91 Å². The fourth-order valence-corrected chi connectivity index (χ4v) is 2.43. The van der Waals surface area contributed by atoms with Gasteiger partial charge < -0.3 is 10.6 Å². The Morgan fingerprint density at radius 3 is 2.71 bits per heavy atom. The summed E-state index contributed by atoms with van der Waals surface area (Å²) < 4.78 is 1.07. The van der Waals surface area contributed by atoms with Crippen LogP contribution in [-0.4, -0.2) is 5.91 Å². The molecule has 4 heteroatoms. The van der Waals surface area contributed by atoms with Crippen molar-refractivity contribution in [2.75, 3.05) is 10.6 Å². The lowest BCUT2D eigenvalue weighted by atomic mass is 10.1. The van der Waals surface area contributed by atoms with Crippen LogP contribution in [0.4, 0.5) is 11.4 Å². The first-order valence-electron chi connectivity index (χ1n) is 6.97. The molecule has 2 aromatic rings. The second-order valence-corrected chi connectivity index (χ2v) is 5.83. The Bertz CT molecular complexity index is 640. The smallest absolute Gasteiger partial charge is 0.224 e. The molecule has 0 radical (unpaired) electrons. The molecule has 0 spiro atoms. The van der Waals surface area contributed by atoms with E-state index < -0.39 is 0 Å². The Kier molecular flexibility index (Phi) is 5.39. The summed E-state index contributed by atoms with van der Waals surface area (Å²) in [5.41, 5.74) is 4.21. The molecule has 0 saturated carbocycles. The number of carbonyl (C=O) groups is 1. The summed E-state index contributed by atoms with van der Waals surface area (Å²) in [5, 5.41) is 6.30. The highest BCUT2D eigenvalue weighted by Crippen LogP contribution is 2.21. The van der Waals surface area contributed by atoms with E-state index >= 15 is 0 Å². The van der Waals surface area contributed by atoms with Crippen LogP contribution in [0.1, 0.15) is 24.5 Å². The summed E-state index contributed by atoms with van der Waals surface area (Å²) in [7, 11) is 0. The van der Waals surface area contributed by atoms with Gasteiger partial charge in [-0.25, -0.2) is 0 Å². The third-order valence-corrected chi connectivity index (χ3v) is 3.71. The van der Waals surface area contributed by atoms with Crippen LogP contribution in [0.3, 0.4) is 0 Å². The monoisotopic (exact) mass is 346 g/mol. The molecule has 0 unspecified atom stereocenters. The van der Waals surface area contributed by atoms with E-state index in [9.17, 15) is 4.79 Å². The van der Waals surface area contributed by atoms with E-state index in [1.54, 1.807) is 0 Å². The van der Waals surface area contributed by atoms with E-state index in [4.69, 9.17) is 0 Å². The highest BCUT2D eigenvalue weighted by Gasteiger charge is 2.03. The SMILES string of the molecule is CCC(=O)Nc1ccc(C)c(NCc2cccc(Br)c2)c1. The quantitative estimate of drug-likeness (QED) is 0.822. The van der Waals surface area contributed by atoms with Gasteiger partial charge >= 0.3 is 0 Å². The molecule has 0 aliphatic rings. The summed E-state index contributed by atoms with van der Waals surface area (Å²) in [6, 6.07) is 14.1. The molecule has 0 heterocycles. The van der Waals surface area contributed by atoms with Crippen molar-refractivity contribution in [1.29, 1.82) is 0 Å². The topological polar surface area (TPSA) is 41.1 Å². The maximum Gasteiger partial charge on any atom is 0.224 e. The number of anilines is 2. The van der Waals surface area contributed by atoms with Crippen molar-refractivity contribution >= 4 is 33.2 Å².